The Morgan fingerprint density at radius 3 is 2.37 bits per heavy atom. The molecule has 1 aliphatic rings. The molecule has 1 rings (SSSR count). The van der Waals surface area contributed by atoms with Crippen molar-refractivity contribution in [2.45, 2.75) is 38.8 Å². The van der Waals surface area contributed by atoms with Crippen LogP contribution in [0.15, 0.2) is 0 Å². The third-order valence-electron chi connectivity index (χ3n) is 3.44. The third kappa shape index (κ3) is 5.46. The number of hydrogen-bond acceptors (Lipinski definition) is 4. The second-order valence-electron chi connectivity index (χ2n) is 5.21. The molecule has 1 amide bonds. The van der Waals surface area contributed by atoms with Crippen molar-refractivity contribution in [3.05, 3.63) is 0 Å². The van der Waals surface area contributed by atoms with Crippen molar-refractivity contribution < 1.29 is 13.2 Å². The lowest BCUT2D eigenvalue weighted by molar-refractivity contribution is -0.131. The third-order valence-corrected chi connectivity index (χ3v) is 4.91. The number of likely N-dealkylation sites (N-methyl/N-ethyl adjacent to an activating group) is 2. The summed E-state index contributed by atoms with van der Waals surface area (Å²) >= 11 is 0. The van der Waals surface area contributed by atoms with Crippen LogP contribution < -0.4 is 4.72 Å². The topological polar surface area (TPSA) is 69.7 Å². The van der Waals surface area contributed by atoms with Crippen LogP contribution in [0.25, 0.3) is 0 Å². The first kappa shape index (κ1) is 16.4. The average Bonchev–Trinajstić information content (AvgIpc) is 3.18. The van der Waals surface area contributed by atoms with Gasteiger partial charge < -0.3 is 9.80 Å². The molecule has 1 aliphatic carbocycles. The molecule has 0 aromatic rings. The van der Waals surface area contributed by atoms with Crippen molar-refractivity contribution in [2.24, 2.45) is 0 Å². The van der Waals surface area contributed by atoms with Gasteiger partial charge >= 0.3 is 0 Å². The molecule has 1 N–H and O–H groups in total. The molecule has 19 heavy (non-hydrogen) atoms. The van der Waals surface area contributed by atoms with E-state index in [2.05, 4.69) is 16.7 Å². The highest BCUT2D eigenvalue weighted by Gasteiger charge is 2.27. The van der Waals surface area contributed by atoms with Gasteiger partial charge in [-0.1, -0.05) is 0 Å². The number of nitrogens with one attached hydrogen (secondary N) is 1. The maximum absolute atomic E-state index is 12.0. The predicted octanol–water partition coefficient (Wildman–Crippen LogP) is -0.133. The fourth-order valence-corrected chi connectivity index (χ4v) is 2.66. The fourth-order valence-electron chi connectivity index (χ4n) is 1.85. The number of hydrogen-bond donors (Lipinski definition) is 1. The summed E-state index contributed by atoms with van der Waals surface area (Å²) < 4.78 is 25.2. The van der Waals surface area contributed by atoms with Gasteiger partial charge in [0.1, 0.15) is 0 Å². The number of sulfonamides is 1. The van der Waals surface area contributed by atoms with E-state index < -0.39 is 16.1 Å². The van der Waals surface area contributed by atoms with E-state index in [0.29, 0.717) is 12.6 Å². The van der Waals surface area contributed by atoms with Crippen LogP contribution in [0.4, 0.5) is 0 Å². The van der Waals surface area contributed by atoms with E-state index >= 15 is 0 Å². The molecule has 0 bridgehead atoms. The van der Waals surface area contributed by atoms with E-state index in [9.17, 15) is 13.2 Å². The Labute approximate surface area is 116 Å². The normalized spacial score (nSPS) is 17.5. The number of amides is 1. The first-order valence-electron chi connectivity index (χ1n) is 6.72. The molecule has 0 spiro atoms. The minimum atomic E-state index is -3.34. The summed E-state index contributed by atoms with van der Waals surface area (Å²) in [6, 6.07) is -0.0410. The summed E-state index contributed by atoms with van der Waals surface area (Å²) in [7, 11) is 0.423. The lowest BCUT2D eigenvalue weighted by Gasteiger charge is -2.24. The maximum atomic E-state index is 12.0. The fraction of sp³-hybridized carbons (Fsp3) is 0.917. The number of rotatable bonds is 8. The van der Waals surface area contributed by atoms with Crippen LogP contribution in [-0.4, -0.2) is 69.1 Å². The lowest BCUT2D eigenvalue weighted by atomic mass is 10.3. The van der Waals surface area contributed by atoms with Crippen LogP contribution >= 0.6 is 0 Å². The minimum Gasteiger partial charge on any atom is -0.343 e. The van der Waals surface area contributed by atoms with Gasteiger partial charge in [0.2, 0.25) is 15.9 Å². The van der Waals surface area contributed by atoms with E-state index in [1.165, 1.54) is 12.8 Å². The van der Waals surface area contributed by atoms with Crippen LogP contribution in [-0.2, 0) is 14.8 Å². The molecule has 7 heteroatoms. The quantitative estimate of drug-likeness (QED) is 0.676. The van der Waals surface area contributed by atoms with E-state index in [-0.39, 0.29) is 11.7 Å². The van der Waals surface area contributed by atoms with Crippen LogP contribution in [0.1, 0.15) is 26.7 Å². The zero-order valence-electron chi connectivity index (χ0n) is 12.2. The molecule has 0 aromatic carbocycles. The van der Waals surface area contributed by atoms with Gasteiger partial charge in [0, 0.05) is 26.2 Å². The smallest absolute Gasteiger partial charge is 0.240 e. The van der Waals surface area contributed by atoms with Gasteiger partial charge in [-0.25, -0.2) is 13.1 Å². The SMILES string of the molecule is CCS(=O)(=O)N[C@H](C)C(=O)N(C)CCN(C)C1CC1. The molecule has 1 atom stereocenters. The Morgan fingerprint density at radius 2 is 1.89 bits per heavy atom. The van der Waals surface area contributed by atoms with Gasteiger partial charge in [0.25, 0.3) is 0 Å². The average molecular weight is 291 g/mol. The molecule has 0 aromatic heterocycles. The Bertz CT molecular complexity index is 406. The molecule has 1 saturated carbocycles. The standard InChI is InChI=1S/C12H25N3O3S/c1-5-19(17,18)13-10(2)12(16)15(4)9-8-14(3)11-6-7-11/h10-11,13H,5-9H2,1-4H3/t10-/m1/s1. The van der Waals surface area contributed by atoms with Crippen molar-refractivity contribution in [3.63, 3.8) is 0 Å². The van der Waals surface area contributed by atoms with E-state index in [4.69, 9.17) is 0 Å². The second-order valence-corrected chi connectivity index (χ2v) is 7.26. The molecule has 6 nitrogen and oxygen atoms in total. The zero-order valence-corrected chi connectivity index (χ0v) is 13.0. The van der Waals surface area contributed by atoms with Gasteiger partial charge in [-0.2, -0.15) is 0 Å². The number of carbonyl (C=O) groups excluding carboxylic acids is 1. The molecular weight excluding hydrogens is 266 g/mol. The Kier molecular flexibility index (Phi) is 5.76. The van der Waals surface area contributed by atoms with Crippen molar-refractivity contribution in [2.75, 3.05) is 32.9 Å². The second kappa shape index (κ2) is 6.67. The molecule has 0 radical (unpaired) electrons. The lowest BCUT2D eigenvalue weighted by Crippen LogP contribution is -2.47. The van der Waals surface area contributed by atoms with Crippen molar-refractivity contribution >= 4 is 15.9 Å². The summed E-state index contributed by atoms with van der Waals surface area (Å²) in [6.45, 7) is 4.56. The Balaban J connectivity index is 2.37. The predicted molar refractivity (Wildman–Crippen MR) is 75.3 cm³/mol. The summed E-state index contributed by atoms with van der Waals surface area (Å²) in [5, 5.41) is 0. The molecule has 1 fully saturated rings. The van der Waals surface area contributed by atoms with Gasteiger partial charge in [-0.3, -0.25) is 4.79 Å². The Hall–Kier alpha value is -0.660. The summed E-state index contributed by atoms with van der Waals surface area (Å²) in [5.41, 5.74) is 0. The van der Waals surface area contributed by atoms with E-state index in [0.717, 1.165) is 6.54 Å². The van der Waals surface area contributed by atoms with Gasteiger partial charge in [-0.05, 0) is 33.7 Å². The van der Waals surface area contributed by atoms with Crippen molar-refractivity contribution in [1.82, 2.24) is 14.5 Å². The van der Waals surface area contributed by atoms with E-state index in [1.807, 2.05) is 0 Å². The molecule has 112 valence electrons. The largest absolute Gasteiger partial charge is 0.343 e. The monoisotopic (exact) mass is 291 g/mol. The van der Waals surface area contributed by atoms with Gasteiger partial charge in [0.05, 0.1) is 11.8 Å². The van der Waals surface area contributed by atoms with Gasteiger partial charge in [-0.15, -0.1) is 0 Å². The molecular formula is C12H25N3O3S. The summed E-state index contributed by atoms with van der Waals surface area (Å²) in [5.74, 6) is -0.208. The van der Waals surface area contributed by atoms with Crippen LogP contribution in [0.2, 0.25) is 0 Å². The summed E-state index contributed by atoms with van der Waals surface area (Å²) in [4.78, 5) is 15.8. The first-order chi connectivity index (χ1) is 8.76. The van der Waals surface area contributed by atoms with Crippen LogP contribution in [0.3, 0.4) is 0 Å². The number of carbonyl (C=O) groups is 1. The van der Waals surface area contributed by atoms with Crippen molar-refractivity contribution in [3.8, 4) is 0 Å². The highest BCUT2D eigenvalue weighted by molar-refractivity contribution is 7.89. The maximum Gasteiger partial charge on any atom is 0.240 e. The molecule has 0 unspecified atom stereocenters. The van der Waals surface area contributed by atoms with Crippen LogP contribution in [0, 0.1) is 0 Å². The highest BCUT2D eigenvalue weighted by Crippen LogP contribution is 2.24. The highest BCUT2D eigenvalue weighted by atomic mass is 32.2. The molecule has 0 heterocycles. The molecule has 0 aliphatic heterocycles. The summed E-state index contributed by atoms with van der Waals surface area (Å²) in [6.07, 6.45) is 2.47. The first-order valence-corrected chi connectivity index (χ1v) is 8.37. The van der Waals surface area contributed by atoms with E-state index in [1.54, 1.807) is 25.8 Å². The van der Waals surface area contributed by atoms with Gasteiger partial charge in [0.15, 0.2) is 0 Å². The minimum absolute atomic E-state index is 0.0151. The number of nitrogens with zero attached hydrogens (tertiary/aromatic N) is 2. The van der Waals surface area contributed by atoms with Crippen LogP contribution in [0.5, 0.6) is 0 Å². The molecule has 0 saturated heterocycles. The van der Waals surface area contributed by atoms with Crippen molar-refractivity contribution in [1.29, 1.82) is 0 Å². The zero-order chi connectivity index (χ0) is 14.6. The Morgan fingerprint density at radius 1 is 1.32 bits per heavy atom.